The lowest BCUT2D eigenvalue weighted by molar-refractivity contribution is 0.0941. The van der Waals surface area contributed by atoms with Gasteiger partial charge < -0.3 is 15.6 Å². The predicted octanol–water partition coefficient (Wildman–Crippen LogP) is 3.88. The molecule has 0 saturated carbocycles. The van der Waals surface area contributed by atoms with Gasteiger partial charge in [-0.15, -0.1) is 5.10 Å². The molecule has 9 heteroatoms. The number of nitrogens with one attached hydrogen (secondary N) is 1. The minimum atomic E-state index is -0.368. The van der Waals surface area contributed by atoms with Crippen LogP contribution in [0.3, 0.4) is 0 Å². The third kappa shape index (κ3) is 4.04. The summed E-state index contributed by atoms with van der Waals surface area (Å²) in [4.78, 5) is 17.7. The Morgan fingerprint density at radius 3 is 2.71 bits per heavy atom. The topological polar surface area (TPSA) is 108 Å². The molecule has 1 atom stereocenters. The van der Waals surface area contributed by atoms with Crippen LogP contribution >= 0.6 is 0 Å². The summed E-state index contributed by atoms with van der Waals surface area (Å²) in [7, 11) is 1.87. The zero-order valence-corrected chi connectivity index (χ0v) is 20.8. The number of fused-ring (bicyclic) bond motifs is 2. The van der Waals surface area contributed by atoms with Crippen molar-refractivity contribution in [3.05, 3.63) is 108 Å². The number of anilines is 1. The lowest BCUT2D eigenvalue weighted by atomic mass is 10.1. The normalized spacial score (nSPS) is 11.8. The van der Waals surface area contributed by atoms with Crippen molar-refractivity contribution in [3.63, 3.8) is 0 Å². The second-order valence-electron chi connectivity index (χ2n) is 8.98. The van der Waals surface area contributed by atoms with Crippen LogP contribution in [0.15, 0.2) is 85.5 Å². The summed E-state index contributed by atoms with van der Waals surface area (Å²) in [6.07, 6.45) is 6.94. The number of aryl methyl sites for hydroxylation is 1. The van der Waals surface area contributed by atoms with Crippen molar-refractivity contribution in [2.45, 2.75) is 13.0 Å². The minimum absolute atomic E-state index is 0.130. The highest BCUT2D eigenvalue weighted by molar-refractivity contribution is 6.04. The molecule has 186 valence electrons. The number of nitrogens with zero attached hydrogens (tertiary/aromatic N) is 6. The maximum absolute atomic E-state index is 13.4. The molecule has 1 unspecified atom stereocenters. The monoisotopic (exact) mass is 500 g/mol. The quantitative estimate of drug-likeness (QED) is 0.357. The van der Waals surface area contributed by atoms with Crippen molar-refractivity contribution in [1.29, 1.82) is 0 Å². The number of para-hydroxylation sites is 2. The van der Waals surface area contributed by atoms with E-state index in [0.29, 0.717) is 5.65 Å². The van der Waals surface area contributed by atoms with Crippen LogP contribution in [0.25, 0.3) is 22.2 Å². The Morgan fingerprint density at radius 2 is 1.92 bits per heavy atom. The summed E-state index contributed by atoms with van der Waals surface area (Å²) >= 11 is 0. The smallest absolute Gasteiger partial charge is 0.259 e. The SMILES string of the molecule is CC(NC(=O)c1c(N)nn2cccnc12)c1cc2cccc(C#Cc3cnn(C)c3)c2n1-c1ccccc1. The van der Waals surface area contributed by atoms with Crippen molar-refractivity contribution in [2.24, 2.45) is 7.05 Å². The van der Waals surface area contributed by atoms with Gasteiger partial charge in [-0.1, -0.05) is 42.2 Å². The van der Waals surface area contributed by atoms with Gasteiger partial charge in [0.1, 0.15) is 5.56 Å². The number of rotatable bonds is 4. The molecule has 0 spiro atoms. The molecule has 6 aromatic rings. The van der Waals surface area contributed by atoms with E-state index in [0.717, 1.165) is 33.4 Å². The first-order valence-corrected chi connectivity index (χ1v) is 12.1. The molecule has 1 amide bonds. The van der Waals surface area contributed by atoms with Gasteiger partial charge in [-0.3, -0.25) is 9.48 Å². The fourth-order valence-corrected chi connectivity index (χ4v) is 4.64. The standard InChI is InChI=1S/C29H24N8O/c1-19(33-29(38)25-27(30)34-36-15-7-14-31-28(25)36)24-16-22-9-6-8-21(13-12-20-17-32-35(2)18-20)26(22)37(24)23-10-4-3-5-11-23/h3-11,14-19H,1-2H3,(H2,30,34)(H,33,38). The Balaban J connectivity index is 1.45. The van der Waals surface area contributed by atoms with Gasteiger partial charge in [-0.2, -0.15) is 5.10 Å². The molecule has 0 aliphatic rings. The van der Waals surface area contributed by atoms with Gasteiger partial charge in [0.15, 0.2) is 11.5 Å². The lowest BCUT2D eigenvalue weighted by Gasteiger charge is -2.18. The van der Waals surface area contributed by atoms with E-state index in [2.05, 4.69) is 49.0 Å². The lowest BCUT2D eigenvalue weighted by Crippen LogP contribution is -2.28. The van der Waals surface area contributed by atoms with Crippen molar-refractivity contribution < 1.29 is 4.79 Å². The molecular weight excluding hydrogens is 476 g/mol. The molecular formula is C29H24N8O. The summed E-state index contributed by atoms with van der Waals surface area (Å²) in [6.45, 7) is 1.95. The molecule has 3 N–H and O–H groups in total. The van der Waals surface area contributed by atoms with Gasteiger partial charge in [-0.05, 0) is 37.3 Å². The summed E-state index contributed by atoms with van der Waals surface area (Å²) in [5.74, 6) is 6.33. The molecule has 0 radical (unpaired) electrons. The van der Waals surface area contributed by atoms with Gasteiger partial charge in [0.05, 0.1) is 23.3 Å². The van der Waals surface area contributed by atoms with Crippen molar-refractivity contribution in [1.82, 2.24) is 34.3 Å². The largest absolute Gasteiger partial charge is 0.381 e. The van der Waals surface area contributed by atoms with Gasteiger partial charge in [0.2, 0.25) is 0 Å². The highest BCUT2D eigenvalue weighted by Gasteiger charge is 2.24. The minimum Gasteiger partial charge on any atom is -0.381 e. The number of carbonyl (C=O) groups excluding carboxylic acids is 1. The molecule has 9 nitrogen and oxygen atoms in total. The Hall–Kier alpha value is -5.36. The van der Waals surface area contributed by atoms with Crippen LogP contribution in [-0.2, 0) is 7.05 Å². The van der Waals surface area contributed by atoms with E-state index in [9.17, 15) is 4.79 Å². The summed E-state index contributed by atoms with van der Waals surface area (Å²) in [5.41, 5.74) is 11.3. The number of nitrogens with two attached hydrogens (primary N) is 1. The van der Waals surface area contributed by atoms with E-state index in [1.807, 2.05) is 62.6 Å². The number of nitrogen functional groups attached to an aromatic ring is 1. The van der Waals surface area contributed by atoms with Gasteiger partial charge in [0, 0.05) is 48.0 Å². The van der Waals surface area contributed by atoms with E-state index in [4.69, 9.17) is 5.73 Å². The van der Waals surface area contributed by atoms with Crippen LogP contribution in [0.5, 0.6) is 0 Å². The van der Waals surface area contributed by atoms with E-state index >= 15 is 0 Å². The molecule has 6 rings (SSSR count). The highest BCUT2D eigenvalue weighted by Crippen LogP contribution is 2.31. The molecule has 0 fully saturated rings. The summed E-state index contributed by atoms with van der Waals surface area (Å²) in [5, 5.41) is 12.5. The second-order valence-corrected chi connectivity index (χ2v) is 8.98. The Morgan fingerprint density at radius 1 is 1.08 bits per heavy atom. The first-order valence-electron chi connectivity index (χ1n) is 12.1. The number of aromatic nitrogens is 6. The van der Waals surface area contributed by atoms with Crippen molar-refractivity contribution >= 4 is 28.3 Å². The number of hydrogen-bond acceptors (Lipinski definition) is 5. The van der Waals surface area contributed by atoms with E-state index in [1.165, 1.54) is 4.52 Å². The summed E-state index contributed by atoms with van der Waals surface area (Å²) in [6, 6.07) is 19.5. The Labute approximate surface area is 218 Å². The third-order valence-corrected chi connectivity index (χ3v) is 6.35. The zero-order chi connectivity index (χ0) is 26.2. The van der Waals surface area contributed by atoms with Gasteiger partial charge >= 0.3 is 0 Å². The molecule has 4 heterocycles. The van der Waals surface area contributed by atoms with Crippen LogP contribution in [0.2, 0.25) is 0 Å². The Bertz CT molecular complexity index is 1870. The van der Waals surface area contributed by atoms with Crippen LogP contribution in [-0.4, -0.2) is 34.9 Å². The fraction of sp³-hybridized carbons (Fsp3) is 0.103. The first kappa shape index (κ1) is 23.1. The average molecular weight is 501 g/mol. The van der Waals surface area contributed by atoms with E-state index in [1.54, 1.807) is 29.3 Å². The van der Waals surface area contributed by atoms with Crippen LogP contribution in [0.4, 0.5) is 5.82 Å². The molecule has 2 aromatic carbocycles. The average Bonchev–Trinajstić information content (AvgIpc) is 3.62. The number of carbonyl (C=O) groups is 1. The molecule has 0 saturated heterocycles. The molecule has 38 heavy (non-hydrogen) atoms. The maximum atomic E-state index is 13.4. The van der Waals surface area contributed by atoms with Crippen LogP contribution < -0.4 is 11.1 Å². The summed E-state index contributed by atoms with van der Waals surface area (Å²) < 4.78 is 5.38. The number of amides is 1. The molecule has 0 aliphatic carbocycles. The van der Waals surface area contributed by atoms with Crippen molar-refractivity contribution in [3.8, 4) is 17.5 Å². The Kier molecular flexibility index (Phi) is 5.62. The zero-order valence-electron chi connectivity index (χ0n) is 20.8. The molecule has 0 bridgehead atoms. The van der Waals surface area contributed by atoms with Crippen LogP contribution in [0.1, 0.15) is 40.1 Å². The third-order valence-electron chi connectivity index (χ3n) is 6.35. The van der Waals surface area contributed by atoms with E-state index < -0.39 is 0 Å². The van der Waals surface area contributed by atoms with Gasteiger partial charge in [0.25, 0.3) is 5.91 Å². The fourth-order valence-electron chi connectivity index (χ4n) is 4.64. The molecule has 4 aromatic heterocycles. The predicted molar refractivity (Wildman–Crippen MR) is 146 cm³/mol. The van der Waals surface area contributed by atoms with Crippen LogP contribution in [0, 0.1) is 11.8 Å². The molecule has 0 aliphatic heterocycles. The number of benzene rings is 2. The maximum Gasteiger partial charge on any atom is 0.259 e. The highest BCUT2D eigenvalue weighted by atomic mass is 16.1. The first-order chi connectivity index (χ1) is 18.5. The van der Waals surface area contributed by atoms with E-state index in [-0.39, 0.29) is 23.3 Å². The van der Waals surface area contributed by atoms with Gasteiger partial charge in [-0.25, -0.2) is 9.50 Å². The van der Waals surface area contributed by atoms with Crippen molar-refractivity contribution in [2.75, 3.05) is 5.73 Å². The number of hydrogen-bond donors (Lipinski definition) is 2. The second kappa shape index (κ2) is 9.26.